The average molecular weight is 268 g/mol. The Morgan fingerprint density at radius 1 is 1.40 bits per heavy atom. The predicted molar refractivity (Wildman–Crippen MR) is 62.9 cm³/mol. The van der Waals surface area contributed by atoms with E-state index in [9.17, 15) is 0 Å². The zero-order chi connectivity index (χ0) is 10.4. The number of aromatic nitrogens is 2. The van der Waals surface area contributed by atoms with Gasteiger partial charge in [0.25, 0.3) is 0 Å². The second-order valence-corrected chi connectivity index (χ2v) is 5.39. The third kappa shape index (κ3) is 1.65. The molecule has 1 saturated carbocycles. The monoisotopic (exact) mass is 267 g/mol. The van der Waals surface area contributed by atoms with Gasteiger partial charge >= 0.3 is 0 Å². The normalized spacial score (nSPS) is 28.8. The van der Waals surface area contributed by atoms with Crippen molar-refractivity contribution in [1.82, 2.24) is 9.97 Å². The topological polar surface area (TPSA) is 29.0 Å². The van der Waals surface area contributed by atoms with Crippen LogP contribution < -0.4 is 4.90 Å². The quantitative estimate of drug-likeness (QED) is 0.733. The molecule has 1 aliphatic heterocycles. The molecule has 1 aliphatic carbocycles. The highest BCUT2D eigenvalue weighted by molar-refractivity contribution is 9.10. The van der Waals surface area contributed by atoms with E-state index < -0.39 is 0 Å². The van der Waals surface area contributed by atoms with E-state index in [1.54, 1.807) is 0 Å². The molecule has 2 heterocycles. The Labute approximate surface area is 98.0 Å². The SMILES string of the molecule is Cc1nc(Br)cc(N2CC3CCC2C3)n1. The second-order valence-electron chi connectivity index (χ2n) is 4.58. The Hall–Kier alpha value is -0.640. The standard InChI is InChI=1S/C11H14BrN3/c1-7-13-10(12)5-11(14-7)15-6-8-2-3-9(15)4-8/h5,8-9H,2-4,6H2,1H3. The molecule has 3 nitrogen and oxygen atoms in total. The lowest BCUT2D eigenvalue weighted by Gasteiger charge is -2.28. The van der Waals surface area contributed by atoms with Gasteiger partial charge in [0.2, 0.25) is 0 Å². The molecule has 80 valence electrons. The van der Waals surface area contributed by atoms with Crippen LogP contribution in [0.3, 0.4) is 0 Å². The number of aryl methyl sites for hydroxylation is 1. The number of halogens is 1. The minimum atomic E-state index is 0.733. The third-order valence-corrected chi connectivity index (χ3v) is 3.90. The lowest BCUT2D eigenvalue weighted by atomic mass is 10.1. The van der Waals surface area contributed by atoms with Crippen molar-refractivity contribution in [2.24, 2.45) is 5.92 Å². The van der Waals surface area contributed by atoms with Crippen LogP contribution in [0.25, 0.3) is 0 Å². The van der Waals surface area contributed by atoms with Gasteiger partial charge in [-0.3, -0.25) is 0 Å². The molecular weight excluding hydrogens is 254 g/mol. The van der Waals surface area contributed by atoms with Crippen LogP contribution in [0.4, 0.5) is 5.82 Å². The number of rotatable bonds is 1. The van der Waals surface area contributed by atoms with Crippen molar-refractivity contribution in [3.63, 3.8) is 0 Å². The zero-order valence-electron chi connectivity index (χ0n) is 8.78. The van der Waals surface area contributed by atoms with E-state index in [0.29, 0.717) is 0 Å². The molecule has 1 aromatic heterocycles. The van der Waals surface area contributed by atoms with Crippen LogP contribution in [0.5, 0.6) is 0 Å². The van der Waals surface area contributed by atoms with Gasteiger partial charge in [-0.1, -0.05) is 0 Å². The van der Waals surface area contributed by atoms with Crippen molar-refractivity contribution in [2.45, 2.75) is 32.2 Å². The molecule has 1 saturated heterocycles. The molecule has 3 rings (SSSR count). The maximum atomic E-state index is 4.52. The molecule has 2 unspecified atom stereocenters. The van der Waals surface area contributed by atoms with Crippen molar-refractivity contribution in [3.8, 4) is 0 Å². The minimum absolute atomic E-state index is 0.733. The fraction of sp³-hybridized carbons (Fsp3) is 0.636. The number of anilines is 1. The number of hydrogen-bond acceptors (Lipinski definition) is 3. The van der Waals surface area contributed by atoms with Gasteiger partial charge in [0.15, 0.2) is 0 Å². The van der Waals surface area contributed by atoms with E-state index in [0.717, 1.165) is 28.2 Å². The highest BCUT2D eigenvalue weighted by atomic mass is 79.9. The van der Waals surface area contributed by atoms with E-state index in [-0.39, 0.29) is 0 Å². The maximum absolute atomic E-state index is 4.52. The summed E-state index contributed by atoms with van der Waals surface area (Å²) in [4.78, 5) is 11.2. The molecule has 0 aromatic carbocycles. The molecular formula is C11H14BrN3. The first-order valence-electron chi connectivity index (χ1n) is 5.50. The fourth-order valence-electron chi connectivity index (χ4n) is 2.87. The fourth-order valence-corrected chi connectivity index (χ4v) is 3.33. The van der Waals surface area contributed by atoms with Gasteiger partial charge in [0.05, 0.1) is 0 Å². The number of nitrogens with zero attached hydrogens (tertiary/aromatic N) is 3. The molecule has 15 heavy (non-hydrogen) atoms. The first kappa shape index (κ1) is 9.58. The summed E-state index contributed by atoms with van der Waals surface area (Å²) < 4.78 is 0.896. The van der Waals surface area contributed by atoms with Gasteiger partial charge in [-0.25, -0.2) is 9.97 Å². The Kier molecular flexibility index (Phi) is 2.20. The minimum Gasteiger partial charge on any atom is -0.353 e. The van der Waals surface area contributed by atoms with Crippen molar-refractivity contribution in [2.75, 3.05) is 11.4 Å². The van der Waals surface area contributed by atoms with E-state index in [1.165, 1.54) is 25.8 Å². The van der Waals surface area contributed by atoms with Crippen molar-refractivity contribution < 1.29 is 0 Å². The van der Waals surface area contributed by atoms with Gasteiger partial charge in [-0.15, -0.1) is 0 Å². The lowest BCUT2D eigenvalue weighted by Crippen LogP contribution is -2.32. The predicted octanol–water partition coefficient (Wildman–Crippen LogP) is 2.54. The molecule has 0 radical (unpaired) electrons. The summed E-state index contributed by atoms with van der Waals surface area (Å²) in [7, 11) is 0. The van der Waals surface area contributed by atoms with Crippen LogP contribution in [0.1, 0.15) is 25.1 Å². The largest absolute Gasteiger partial charge is 0.353 e. The van der Waals surface area contributed by atoms with Crippen LogP contribution in [0, 0.1) is 12.8 Å². The molecule has 0 amide bonds. The van der Waals surface area contributed by atoms with Gasteiger partial charge in [0, 0.05) is 18.7 Å². The summed E-state index contributed by atoms with van der Waals surface area (Å²) in [5.41, 5.74) is 0. The molecule has 2 atom stereocenters. The van der Waals surface area contributed by atoms with E-state index in [1.807, 2.05) is 13.0 Å². The number of piperidine rings is 1. The van der Waals surface area contributed by atoms with Gasteiger partial charge in [-0.2, -0.15) is 0 Å². The Balaban J connectivity index is 1.93. The number of hydrogen-bond donors (Lipinski definition) is 0. The van der Waals surface area contributed by atoms with Crippen LogP contribution in [0.2, 0.25) is 0 Å². The van der Waals surface area contributed by atoms with Crippen LogP contribution in [-0.2, 0) is 0 Å². The van der Waals surface area contributed by atoms with Crippen LogP contribution >= 0.6 is 15.9 Å². The summed E-state index contributed by atoms with van der Waals surface area (Å²) >= 11 is 3.44. The highest BCUT2D eigenvalue weighted by Gasteiger charge is 2.38. The molecule has 1 aromatic rings. The smallest absolute Gasteiger partial charge is 0.133 e. The van der Waals surface area contributed by atoms with E-state index >= 15 is 0 Å². The average Bonchev–Trinajstić information content (AvgIpc) is 2.76. The van der Waals surface area contributed by atoms with Crippen molar-refractivity contribution in [3.05, 3.63) is 16.5 Å². The third-order valence-electron chi connectivity index (χ3n) is 3.50. The van der Waals surface area contributed by atoms with Crippen LogP contribution in [-0.4, -0.2) is 22.6 Å². The molecule has 0 N–H and O–H groups in total. The summed E-state index contributed by atoms with van der Waals surface area (Å²) in [6.45, 7) is 3.14. The zero-order valence-corrected chi connectivity index (χ0v) is 10.4. The number of fused-ring (bicyclic) bond motifs is 2. The lowest BCUT2D eigenvalue weighted by molar-refractivity contribution is 0.549. The van der Waals surface area contributed by atoms with E-state index in [2.05, 4.69) is 30.8 Å². The summed E-state index contributed by atoms with van der Waals surface area (Å²) in [5, 5.41) is 0. The summed E-state index contributed by atoms with van der Waals surface area (Å²) in [6, 6.07) is 2.77. The highest BCUT2D eigenvalue weighted by Crippen LogP contribution is 2.39. The van der Waals surface area contributed by atoms with Crippen molar-refractivity contribution in [1.29, 1.82) is 0 Å². The van der Waals surface area contributed by atoms with E-state index in [4.69, 9.17) is 0 Å². The Bertz CT molecular complexity index is 373. The first-order chi connectivity index (χ1) is 7.22. The van der Waals surface area contributed by atoms with Gasteiger partial charge in [0.1, 0.15) is 16.2 Å². The summed E-state index contributed by atoms with van der Waals surface area (Å²) in [5.74, 6) is 2.85. The second kappa shape index (κ2) is 3.44. The first-order valence-corrected chi connectivity index (χ1v) is 6.29. The van der Waals surface area contributed by atoms with Crippen LogP contribution in [0.15, 0.2) is 10.7 Å². The Morgan fingerprint density at radius 2 is 2.27 bits per heavy atom. The van der Waals surface area contributed by atoms with Gasteiger partial charge < -0.3 is 4.90 Å². The van der Waals surface area contributed by atoms with Crippen molar-refractivity contribution >= 4 is 21.7 Å². The Morgan fingerprint density at radius 3 is 2.87 bits per heavy atom. The summed E-state index contributed by atoms with van der Waals surface area (Å²) in [6.07, 6.45) is 4.11. The molecule has 4 heteroatoms. The molecule has 2 fully saturated rings. The van der Waals surface area contributed by atoms with Gasteiger partial charge in [-0.05, 0) is 48.0 Å². The molecule has 2 aliphatic rings. The maximum Gasteiger partial charge on any atom is 0.133 e. The molecule has 2 bridgehead atoms. The molecule has 0 spiro atoms.